The zero-order valence-electron chi connectivity index (χ0n) is 12.1. The van der Waals surface area contributed by atoms with Gasteiger partial charge in [-0.1, -0.05) is 13.8 Å². The number of sulfonamides is 1. The van der Waals surface area contributed by atoms with Gasteiger partial charge in [0.25, 0.3) is 0 Å². The summed E-state index contributed by atoms with van der Waals surface area (Å²) < 4.78 is 27.2. The molecule has 1 aromatic heterocycles. The molecule has 19 heavy (non-hydrogen) atoms. The Kier molecular flexibility index (Phi) is 6.46. The van der Waals surface area contributed by atoms with Gasteiger partial charge in [-0.3, -0.25) is 0 Å². The third-order valence-electron chi connectivity index (χ3n) is 2.91. The van der Waals surface area contributed by atoms with Crippen molar-refractivity contribution in [2.75, 3.05) is 6.54 Å². The van der Waals surface area contributed by atoms with E-state index in [0.717, 1.165) is 35.7 Å². The van der Waals surface area contributed by atoms with E-state index in [4.69, 9.17) is 0 Å². The van der Waals surface area contributed by atoms with Crippen LogP contribution in [-0.4, -0.2) is 21.0 Å². The maximum atomic E-state index is 12.2. The van der Waals surface area contributed by atoms with Crippen LogP contribution < -0.4 is 10.0 Å². The number of rotatable bonds is 8. The normalized spacial score (nSPS) is 13.7. The van der Waals surface area contributed by atoms with E-state index in [1.165, 1.54) is 0 Å². The van der Waals surface area contributed by atoms with E-state index in [1.54, 1.807) is 17.4 Å². The highest BCUT2D eigenvalue weighted by molar-refractivity contribution is 7.89. The lowest BCUT2D eigenvalue weighted by molar-refractivity contribution is 0.555. The van der Waals surface area contributed by atoms with Crippen LogP contribution in [0.15, 0.2) is 11.0 Å². The van der Waals surface area contributed by atoms with Gasteiger partial charge in [-0.05, 0) is 39.3 Å². The van der Waals surface area contributed by atoms with E-state index in [9.17, 15) is 8.42 Å². The van der Waals surface area contributed by atoms with Gasteiger partial charge >= 0.3 is 0 Å². The highest BCUT2D eigenvalue weighted by Crippen LogP contribution is 2.25. The summed E-state index contributed by atoms with van der Waals surface area (Å²) in [4.78, 5) is 2.34. The molecule has 0 aliphatic heterocycles. The third kappa shape index (κ3) is 4.87. The van der Waals surface area contributed by atoms with E-state index in [2.05, 4.69) is 17.0 Å². The van der Waals surface area contributed by atoms with Crippen LogP contribution in [0.5, 0.6) is 0 Å². The molecular formula is C13H24N2O2S2. The molecule has 2 N–H and O–H groups in total. The average Bonchev–Trinajstić information content (AvgIpc) is 2.71. The van der Waals surface area contributed by atoms with E-state index in [0.29, 0.717) is 4.90 Å². The van der Waals surface area contributed by atoms with Crippen LogP contribution in [0.4, 0.5) is 0 Å². The molecule has 1 atom stereocenters. The van der Waals surface area contributed by atoms with Crippen LogP contribution in [-0.2, 0) is 16.6 Å². The Labute approximate surface area is 120 Å². The molecule has 0 fully saturated rings. The molecule has 1 heterocycles. The quantitative estimate of drug-likeness (QED) is 0.726. The molecule has 110 valence electrons. The standard InChI is InChI=1S/C13H24N2O2S2/c1-5-7-14-9-12-8-13(11(4)18-12)19(16,17)15-10(3)6-2/h8,10,14-15H,5-7,9H2,1-4H3. The maximum Gasteiger partial charge on any atom is 0.241 e. The summed E-state index contributed by atoms with van der Waals surface area (Å²) in [5, 5.41) is 3.29. The van der Waals surface area contributed by atoms with Crippen molar-refractivity contribution >= 4 is 21.4 Å². The number of nitrogens with one attached hydrogen (secondary N) is 2. The van der Waals surface area contributed by atoms with Crippen LogP contribution in [0.1, 0.15) is 43.4 Å². The highest BCUT2D eigenvalue weighted by Gasteiger charge is 2.21. The van der Waals surface area contributed by atoms with Crippen LogP contribution in [0.25, 0.3) is 0 Å². The molecule has 4 nitrogen and oxygen atoms in total. The molecule has 0 spiro atoms. The fourth-order valence-electron chi connectivity index (χ4n) is 1.68. The third-order valence-corrected chi connectivity index (χ3v) is 5.80. The van der Waals surface area contributed by atoms with Crippen LogP contribution in [0.2, 0.25) is 0 Å². The van der Waals surface area contributed by atoms with Crippen molar-refractivity contribution in [3.8, 4) is 0 Å². The van der Waals surface area contributed by atoms with E-state index < -0.39 is 10.0 Å². The van der Waals surface area contributed by atoms with Gasteiger partial charge in [-0.15, -0.1) is 11.3 Å². The second-order valence-corrected chi connectivity index (χ2v) is 7.76. The Morgan fingerprint density at radius 2 is 2.05 bits per heavy atom. The van der Waals surface area contributed by atoms with E-state index in [1.807, 2.05) is 20.8 Å². The first-order valence-corrected chi connectivity index (χ1v) is 9.03. The molecule has 0 bridgehead atoms. The smallest absolute Gasteiger partial charge is 0.241 e. The minimum Gasteiger partial charge on any atom is -0.312 e. The van der Waals surface area contributed by atoms with Crippen molar-refractivity contribution in [2.45, 2.75) is 58.0 Å². The lowest BCUT2D eigenvalue weighted by Gasteiger charge is -2.11. The second-order valence-electron chi connectivity index (χ2n) is 4.74. The monoisotopic (exact) mass is 304 g/mol. The zero-order valence-corrected chi connectivity index (χ0v) is 13.7. The predicted molar refractivity (Wildman–Crippen MR) is 81.1 cm³/mol. The zero-order chi connectivity index (χ0) is 14.5. The molecule has 0 aliphatic rings. The summed E-state index contributed by atoms with van der Waals surface area (Å²) in [6.45, 7) is 9.50. The first kappa shape index (κ1) is 16.6. The van der Waals surface area contributed by atoms with Crippen molar-refractivity contribution in [1.82, 2.24) is 10.0 Å². The number of hydrogen-bond acceptors (Lipinski definition) is 4. The summed E-state index contributed by atoms with van der Waals surface area (Å²) in [6.07, 6.45) is 1.86. The van der Waals surface area contributed by atoms with Crippen molar-refractivity contribution in [1.29, 1.82) is 0 Å². The largest absolute Gasteiger partial charge is 0.312 e. The molecule has 1 aromatic rings. The molecule has 0 aliphatic carbocycles. The highest BCUT2D eigenvalue weighted by atomic mass is 32.2. The first-order chi connectivity index (χ1) is 8.90. The van der Waals surface area contributed by atoms with Gasteiger partial charge in [0.05, 0.1) is 4.90 Å². The molecule has 1 unspecified atom stereocenters. The number of aryl methyl sites for hydroxylation is 1. The number of hydrogen-bond donors (Lipinski definition) is 2. The summed E-state index contributed by atoms with van der Waals surface area (Å²) >= 11 is 1.54. The summed E-state index contributed by atoms with van der Waals surface area (Å²) in [5.41, 5.74) is 0. The number of thiophene rings is 1. The summed E-state index contributed by atoms with van der Waals surface area (Å²) in [6, 6.07) is 1.75. The molecule has 1 rings (SSSR count). The van der Waals surface area contributed by atoms with E-state index in [-0.39, 0.29) is 6.04 Å². The summed E-state index contributed by atoms with van der Waals surface area (Å²) in [7, 11) is -3.38. The first-order valence-electron chi connectivity index (χ1n) is 6.73. The Balaban J connectivity index is 2.83. The minimum absolute atomic E-state index is 0.0361. The van der Waals surface area contributed by atoms with E-state index >= 15 is 0 Å². The lowest BCUT2D eigenvalue weighted by atomic mass is 10.3. The summed E-state index contributed by atoms with van der Waals surface area (Å²) in [5.74, 6) is 0. The molecule has 0 radical (unpaired) electrons. The van der Waals surface area contributed by atoms with Gasteiger partial charge in [0, 0.05) is 22.3 Å². The maximum absolute atomic E-state index is 12.2. The fourth-order valence-corrected chi connectivity index (χ4v) is 4.61. The van der Waals surface area contributed by atoms with Crippen LogP contribution >= 0.6 is 11.3 Å². The fraction of sp³-hybridized carbons (Fsp3) is 0.692. The van der Waals surface area contributed by atoms with Gasteiger partial charge < -0.3 is 5.32 Å². The van der Waals surface area contributed by atoms with Crippen molar-refractivity contribution in [2.24, 2.45) is 0 Å². The topological polar surface area (TPSA) is 58.2 Å². The predicted octanol–water partition coefficient (Wildman–Crippen LogP) is 2.63. The van der Waals surface area contributed by atoms with Gasteiger partial charge in [0.1, 0.15) is 0 Å². The molecule has 0 amide bonds. The average molecular weight is 304 g/mol. The minimum atomic E-state index is -3.38. The SMILES string of the molecule is CCCNCc1cc(S(=O)(=O)NC(C)CC)c(C)s1. The Hall–Kier alpha value is -0.430. The van der Waals surface area contributed by atoms with Gasteiger partial charge in [-0.25, -0.2) is 13.1 Å². The second kappa shape index (κ2) is 7.38. The van der Waals surface area contributed by atoms with Crippen LogP contribution in [0, 0.1) is 6.92 Å². The van der Waals surface area contributed by atoms with Crippen molar-refractivity contribution in [3.63, 3.8) is 0 Å². The van der Waals surface area contributed by atoms with Gasteiger partial charge in [0.15, 0.2) is 0 Å². The van der Waals surface area contributed by atoms with Gasteiger partial charge in [0.2, 0.25) is 10.0 Å². The molecule has 0 saturated carbocycles. The van der Waals surface area contributed by atoms with Crippen molar-refractivity contribution in [3.05, 3.63) is 15.8 Å². The Bertz CT molecular complexity index is 495. The van der Waals surface area contributed by atoms with Gasteiger partial charge in [-0.2, -0.15) is 0 Å². The molecule has 0 aromatic carbocycles. The Morgan fingerprint density at radius 3 is 2.63 bits per heavy atom. The Morgan fingerprint density at radius 1 is 1.37 bits per heavy atom. The van der Waals surface area contributed by atoms with Crippen LogP contribution in [0.3, 0.4) is 0 Å². The molecule has 0 saturated heterocycles. The van der Waals surface area contributed by atoms with Crippen molar-refractivity contribution < 1.29 is 8.42 Å². The molecular weight excluding hydrogens is 280 g/mol. The lowest BCUT2D eigenvalue weighted by Crippen LogP contribution is -2.32. The molecule has 6 heteroatoms.